The number of benzene rings is 9. The molecule has 0 saturated heterocycles. The van der Waals surface area contributed by atoms with Gasteiger partial charge in [-0.15, -0.1) is 0 Å². The third kappa shape index (κ3) is 10.5. The van der Waals surface area contributed by atoms with Gasteiger partial charge in [-0.25, -0.2) is 0 Å². The van der Waals surface area contributed by atoms with E-state index >= 15 is 0 Å². The first-order valence-electron chi connectivity index (χ1n) is 33.6. The molecule has 0 fully saturated rings. The average Bonchev–Trinajstić information content (AvgIpc) is 1.43. The summed E-state index contributed by atoms with van der Waals surface area (Å²) in [6.45, 7) is 53.8. The van der Waals surface area contributed by atoms with Gasteiger partial charge in [0.05, 0.1) is 44.5 Å². The van der Waals surface area contributed by atoms with Crippen LogP contribution >= 0.6 is 0 Å². The van der Waals surface area contributed by atoms with E-state index < -0.39 is 0 Å². The number of hydrogen-bond donors (Lipinski definition) is 0. The second-order valence-electron chi connectivity index (χ2n) is 34.3. The van der Waals surface area contributed by atoms with Crippen LogP contribution in [0.25, 0.3) is 93.6 Å². The maximum Gasteiger partial charge on any atom is 0.0561 e. The van der Waals surface area contributed by atoms with Crippen molar-refractivity contribution in [3.8, 4) is 28.2 Å². The van der Waals surface area contributed by atoms with Crippen molar-refractivity contribution < 1.29 is 0 Å². The summed E-state index contributed by atoms with van der Waals surface area (Å²) in [6, 6.07) is 65.6. The van der Waals surface area contributed by atoms with Crippen molar-refractivity contribution in [1.82, 2.24) is 13.7 Å². The fourth-order valence-corrected chi connectivity index (χ4v) is 14.5. The topological polar surface area (TPSA) is 18.0 Å². The highest BCUT2D eigenvalue weighted by Gasteiger charge is 2.32. The van der Waals surface area contributed by atoms with Crippen molar-refractivity contribution in [2.75, 3.05) is 4.90 Å². The van der Waals surface area contributed by atoms with Gasteiger partial charge in [0.25, 0.3) is 0 Å². The van der Waals surface area contributed by atoms with Gasteiger partial charge in [0.15, 0.2) is 0 Å². The van der Waals surface area contributed by atoms with Crippen molar-refractivity contribution in [3.05, 3.63) is 220 Å². The van der Waals surface area contributed by atoms with E-state index in [1.165, 1.54) is 121 Å². The molecule has 0 saturated carbocycles. The first-order valence-corrected chi connectivity index (χ1v) is 33.6. The van der Waals surface area contributed by atoms with Crippen LogP contribution in [-0.2, 0) is 37.9 Å². The van der Waals surface area contributed by atoms with Crippen molar-refractivity contribution >= 4 is 76.8 Å². The number of hydrogen-bond acceptors (Lipinski definition) is 1. The van der Waals surface area contributed by atoms with Gasteiger partial charge in [0.2, 0.25) is 0 Å². The SMILES string of the molecule is CC1=CC(C)c2cc(C(C)(C)C)ccc2N1c1cc(-c2c(-n3c4ccc(C(C)(C)C)cc4c4cc(C(C)(C)C)ccc43)cccc2-n2c3ccc(C(C)(C)C)cc3c3cc(C(C)(C)C)ccc32)cc(-n2c3ccc(C(C)(C)C)cc3c3cc(C(C)(C)C)ccc32)c1. The Morgan fingerprint density at radius 2 is 0.571 bits per heavy atom. The van der Waals surface area contributed by atoms with E-state index in [4.69, 9.17) is 0 Å². The highest BCUT2D eigenvalue weighted by molar-refractivity contribution is 6.14. The van der Waals surface area contributed by atoms with Crippen LogP contribution in [0.5, 0.6) is 0 Å². The Bertz CT molecular complexity index is 4600. The monoisotopic (exact) mass is 1200 g/mol. The molecule has 4 nitrogen and oxygen atoms in total. The molecule has 0 N–H and O–H groups in total. The van der Waals surface area contributed by atoms with Gasteiger partial charge in [0.1, 0.15) is 0 Å². The first-order chi connectivity index (χ1) is 42.4. The molecule has 1 aliphatic rings. The Kier molecular flexibility index (Phi) is 14.1. The van der Waals surface area contributed by atoms with Crippen LogP contribution in [0.4, 0.5) is 11.4 Å². The van der Waals surface area contributed by atoms with Crippen LogP contribution in [0, 0.1) is 0 Å². The smallest absolute Gasteiger partial charge is 0.0561 e. The molecule has 4 heteroatoms. The van der Waals surface area contributed by atoms with Crippen LogP contribution in [0.15, 0.2) is 176 Å². The van der Waals surface area contributed by atoms with Crippen LogP contribution in [0.1, 0.15) is 210 Å². The first kappa shape index (κ1) is 61.8. The van der Waals surface area contributed by atoms with Crippen molar-refractivity contribution in [1.29, 1.82) is 0 Å². The molecule has 0 radical (unpaired) electrons. The van der Waals surface area contributed by atoms with E-state index in [2.05, 4.69) is 348 Å². The third-order valence-corrected chi connectivity index (χ3v) is 20.2. The number of rotatable bonds is 5. The van der Waals surface area contributed by atoms with Crippen molar-refractivity contribution in [2.24, 2.45) is 0 Å². The van der Waals surface area contributed by atoms with E-state index in [-0.39, 0.29) is 43.8 Å². The minimum atomic E-state index is -0.0520. The van der Waals surface area contributed by atoms with Gasteiger partial charge in [0, 0.05) is 66.6 Å². The standard InChI is InChI=1S/C87H98N4/c1-52-41-53(2)88(71-34-27-55(44-64(52)71)81(3,4)5)62-42-54(43-63(51-62)89-72-35-28-56(82(6,7)8)45-65(72)66-46-57(83(9,10)11)29-36-73(66)89)80-78(90-74-37-30-58(84(12,13)14)47-67(74)68-48-59(85(15,16)17)31-38-75(68)90)25-24-26-79(80)91-76-39-32-60(86(18,19)20)49-69(76)70-50-61(87(21,22)23)33-40-77(70)91/h24-52H,1-23H3. The number of aromatic nitrogens is 3. The van der Waals surface area contributed by atoms with Crippen LogP contribution in [0.3, 0.4) is 0 Å². The van der Waals surface area contributed by atoms with Crippen molar-refractivity contribution in [3.63, 3.8) is 0 Å². The molecule has 466 valence electrons. The molecule has 0 spiro atoms. The number of allylic oxidation sites excluding steroid dienone is 2. The predicted molar refractivity (Wildman–Crippen MR) is 397 cm³/mol. The van der Waals surface area contributed by atoms with E-state index in [0.29, 0.717) is 0 Å². The Hall–Kier alpha value is -8.08. The van der Waals surface area contributed by atoms with Gasteiger partial charge in [-0.1, -0.05) is 213 Å². The molecule has 0 amide bonds. The summed E-state index contributed by atoms with van der Waals surface area (Å²) in [6.07, 6.45) is 2.48. The zero-order valence-electron chi connectivity index (χ0n) is 59.0. The van der Waals surface area contributed by atoms with E-state index in [1.54, 1.807) is 0 Å². The molecule has 1 unspecified atom stereocenters. The Labute approximate surface area is 543 Å². The summed E-state index contributed by atoms with van der Waals surface area (Å²) < 4.78 is 7.80. The van der Waals surface area contributed by atoms with Gasteiger partial charge < -0.3 is 18.6 Å². The van der Waals surface area contributed by atoms with E-state index in [1.807, 2.05) is 0 Å². The van der Waals surface area contributed by atoms with Gasteiger partial charge in [-0.05, 0) is 204 Å². The molecule has 12 aromatic rings. The number of fused-ring (bicyclic) bond motifs is 10. The molecule has 4 heterocycles. The molecule has 0 aliphatic carbocycles. The second-order valence-corrected chi connectivity index (χ2v) is 34.3. The van der Waals surface area contributed by atoms with Gasteiger partial charge >= 0.3 is 0 Å². The maximum absolute atomic E-state index is 2.61. The van der Waals surface area contributed by atoms with Crippen LogP contribution in [0.2, 0.25) is 0 Å². The Morgan fingerprint density at radius 3 is 0.890 bits per heavy atom. The Morgan fingerprint density at radius 1 is 0.286 bits per heavy atom. The lowest BCUT2D eigenvalue weighted by Crippen LogP contribution is -2.22. The van der Waals surface area contributed by atoms with E-state index in [0.717, 1.165) is 33.9 Å². The molecular weight excluding hydrogens is 1100 g/mol. The summed E-state index contributed by atoms with van der Waals surface area (Å²) in [5, 5.41) is 7.62. The quantitative estimate of drug-likeness (QED) is 0.168. The maximum atomic E-state index is 2.61. The normalized spacial score (nSPS) is 14.9. The summed E-state index contributed by atoms with van der Waals surface area (Å²) in [4.78, 5) is 2.56. The minimum Gasteiger partial charge on any atom is -0.314 e. The highest BCUT2D eigenvalue weighted by atomic mass is 15.2. The van der Waals surface area contributed by atoms with Crippen molar-refractivity contribution in [2.45, 2.75) is 203 Å². The molecule has 0 bridgehead atoms. The summed E-state index contributed by atoms with van der Waals surface area (Å²) >= 11 is 0. The summed E-state index contributed by atoms with van der Waals surface area (Å²) in [5.74, 6) is 0.232. The molecular formula is C87H98N4. The lowest BCUT2D eigenvalue weighted by atomic mass is 9.83. The number of anilines is 2. The lowest BCUT2D eigenvalue weighted by Gasteiger charge is -2.35. The molecule has 3 aromatic heterocycles. The fraction of sp³-hybridized carbons (Fsp3) is 0.356. The van der Waals surface area contributed by atoms with Crippen LogP contribution < -0.4 is 4.90 Å². The molecule has 1 aliphatic heterocycles. The predicted octanol–water partition coefficient (Wildman–Crippen LogP) is 24.9. The average molecular weight is 1200 g/mol. The largest absolute Gasteiger partial charge is 0.314 e. The summed E-state index contributed by atoms with van der Waals surface area (Å²) in [5.41, 5.74) is 26.7. The zero-order valence-corrected chi connectivity index (χ0v) is 59.0. The molecule has 13 rings (SSSR count). The fourth-order valence-electron chi connectivity index (χ4n) is 14.5. The minimum absolute atomic E-state index is 0.00982. The van der Waals surface area contributed by atoms with E-state index in [9.17, 15) is 0 Å². The number of nitrogens with zero attached hydrogens (tertiary/aromatic N) is 4. The molecule has 1 atom stereocenters. The van der Waals surface area contributed by atoms with Crippen LogP contribution in [-0.4, -0.2) is 13.7 Å². The van der Waals surface area contributed by atoms with Gasteiger partial charge in [-0.2, -0.15) is 0 Å². The third-order valence-electron chi connectivity index (χ3n) is 20.2. The lowest BCUT2D eigenvalue weighted by molar-refractivity contribution is 0.588. The highest BCUT2D eigenvalue weighted by Crippen LogP contribution is 2.50. The Balaban J connectivity index is 1.23. The molecule has 9 aromatic carbocycles. The van der Waals surface area contributed by atoms with Gasteiger partial charge in [-0.3, -0.25) is 0 Å². The second kappa shape index (κ2) is 20.7. The summed E-state index contributed by atoms with van der Waals surface area (Å²) in [7, 11) is 0. The molecule has 91 heavy (non-hydrogen) atoms. The zero-order chi connectivity index (χ0) is 65.4.